The molecule has 0 aromatic heterocycles. The van der Waals surface area contributed by atoms with Crippen LogP contribution in [0.1, 0.15) is 6.42 Å². The minimum Gasteiger partial charge on any atom is -0.468 e. The number of carbonyl (C=O) groups is 2. The van der Waals surface area contributed by atoms with Crippen LogP contribution in [0.2, 0.25) is 0 Å². The van der Waals surface area contributed by atoms with Crippen molar-refractivity contribution >= 4 is 27.8 Å². The summed E-state index contributed by atoms with van der Waals surface area (Å²) >= 11 is 3.25. The van der Waals surface area contributed by atoms with E-state index in [1.807, 2.05) is 9.80 Å². The van der Waals surface area contributed by atoms with Crippen LogP contribution in [0.25, 0.3) is 0 Å². The van der Waals surface area contributed by atoms with Crippen molar-refractivity contribution < 1.29 is 14.3 Å². The first-order valence-corrected chi connectivity index (χ1v) is 6.42. The average molecular weight is 293 g/mol. The molecule has 0 N–H and O–H groups in total. The Kier molecular flexibility index (Phi) is 5.76. The van der Waals surface area contributed by atoms with Crippen LogP contribution in [-0.4, -0.2) is 66.8 Å². The second kappa shape index (κ2) is 6.85. The number of nitrogens with zero attached hydrogens (tertiary/aromatic N) is 2. The molecule has 1 fully saturated rings. The van der Waals surface area contributed by atoms with E-state index < -0.39 is 0 Å². The van der Waals surface area contributed by atoms with Gasteiger partial charge in [0.05, 0.1) is 13.7 Å². The van der Waals surface area contributed by atoms with E-state index in [1.165, 1.54) is 7.11 Å². The van der Waals surface area contributed by atoms with E-state index in [0.29, 0.717) is 31.4 Å². The lowest BCUT2D eigenvalue weighted by Gasteiger charge is -2.34. The fourth-order valence-electron chi connectivity index (χ4n) is 1.64. The Hall–Kier alpha value is -0.620. The van der Waals surface area contributed by atoms with E-state index in [2.05, 4.69) is 20.7 Å². The average Bonchev–Trinajstić information content (AvgIpc) is 2.30. The Morgan fingerprint density at radius 3 is 2.38 bits per heavy atom. The molecule has 0 aromatic carbocycles. The van der Waals surface area contributed by atoms with Crippen LogP contribution in [-0.2, 0) is 14.3 Å². The molecule has 5 nitrogen and oxygen atoms in total. The number of halogens is 1. The molecule has 0 aromatic rings. The van der Waals surface area contributed by atoms with Gasteiger partial charge in [-0.15, -0.1) is 0 Å². The van der Waals surface area contributed by atoms with Crippen molar-refractivity contribution in [3.63, 3.8) is 0 Å². The second-order valence-corrected chi connectivity index (χ2v) is 4.47. The summed E-state index contributed by atoms with van der Waals surface area (Å²) in [6.45, 7) is 3.19. The van der Waals surface area contributed by atoms with Crippen LogP contribution in [0.15, 0.2) is 0 Å². The minimum atomic E-state index is -0.222. The van der Waals surface area contributed by atoms with Gasteiger partial charge >= 0.3 is 5.97 Å². The zero-order chi connectivity index (χ0) is 12.0. The number of hydrogen-bond acceptors (Lipinski definition) is 4. The molecule has 0 unspecified atom stereocenters. The highest BCUT2D eigenvalue weighted by atomic mass is 79.9. The van der Waals surface area contributed by atoms with Gasteiger partial charge in [0.25, 0.3) is 0 Å². The van der Waals surface area contributed by atoms with Crippen molar-refractivity contribution in [1.82, 2.24) is 9.80 Å². The number of alkyl halides is 1. The zero-order valence-corrected chi connectivity index (χ0v) is 11.0. The molecule has 1 heterocycles. The fourth-order valence-corrected chi connectivity index (χ4v) is 1.98. The number of esters is 1. The molecule has 6 heteroatoms. The largest absolute Gasteiger partial charge is 0.468 e. The maximum atomic E-state index is 11.6. The Labute approximate surface area is 104 Å². The molecule has 92 valence electrons. The summed E-state index contributed by atoms with van der Waals surface area (Å²) in [7, 11) is 1.39. The molecular formula is C10H17BrN2O3. The lowest BCUT2D eigenvalue weighted by Crippen LogP contribution is -2.50. The molecule has 1 amide bonds. The van der Waals surface area contributed by atoms with Gasteiger partial charge in [-0.3, -0.25) is 14.5 Å². The Balaban J connectivity index is 2.28. The number of ether oxygens (including phenoxy) is 1. The molecular weight excluding hydrogens is 276 g/mol. The van der Waals surface area contributed by atoms with Crippen molar-refractivity contribution in [2.45, 2.75) is 6.42 Å². The van der Waals surface area contributed by atoms with Gasteiger partial charge < -0.3 is 9.64 Å². The molecule has 0 aliphatic carbocycles. The van der Waals surface area contributed by atoms with Crippen LogP contribution >= 0.6 is 15.9 Å². The summed E-state index contributed by atoms with van der Waals surface area (Å²) in [5, 5.41) is 0.703. The molecule has 0 bridgehead atoms. The lowest BCUT2D eigenvalue weighted by molar-refractivity contribution is -0.142. The zero-order valence-electron chi connectivity index (χ0n) is 9.45. The van der Waals surface area contributed by atoms with Crippen molar-refractivity contribution in [2.24, 2.45) is 0 Å². The highest BCUT2D eigenvalue weighted by molar-refractivity contribution is 9.09. The summed E-state index contributed by atoms with van der Waals surface area (Å²) in [5.41, 5.74) is 0. The summed E-state index contributed by atoms with van der Waals surface area (Å²) in [4.78, 5) is 26.5. The van der Waals surface area contributed by atoms with Crippen LogP contribution in [0, 0.1) is 0 Å². The minimum absolute atomic E-state index is 0.176. The molecule has 1 aliphatic heterocycles. The SMILES string of the molecule is COC(=O)CN1CCN(C(=O)CCBr)CC1. The second-order valence-electron chi connectivity index (χ2n) is 3.67. The number of rotatable bonds is 4. The summed E-state index contributed by atoms with van der Waals surface area (Å²) in [6, 6.07) is 0. The molecule has 1 saturated heterocycles. The van der Waals surface area contributed by atoms with Gasteiger partial charge in [0.1, 0.15) is 0 Å². The van der Waals surface area contributed by atoms with Gasteiger partial charge in [0, 0.05) is 37.9 Å². The van der Waals surface area contributed by atoms with Gasteiger partial charge in [0.15, 0.2) is 0 Å². The number of piperazine rings is 1. The highest BCUT2D eigenvalue weighted by Crippen LogP contribution is 2.04. The summed E-state index contributed by atoms with van der Waals surface area (Å²) in [6.07, 6.45) is 0.539. The predicted octanol–water partition coefficient (Wildman–Crippen LogP) is 0.0886. The molecule has 0 saturated carbocycles. The molecule has 1 rings (SSSR count). The van der Waals surface area contributed by atoms with E-state index in [4.69, 9.17) is 0 Å². The predicted molar refractivity (Wildman–Crippen MR) is 63.4 cm³/mol. The molecule has 1 aliphatic rings. The molecule has 0 atom stereocenters. The molecule has 0 spiro atoms. The third-order valence-corrected chi connectivity index (χ3v) is 3.01. The van der Waals surface area contributed by atoms with Gasteiger partial charge in [-0.25, -0.2) is 0 Å². The monoisotopic (exact) mass is 292 g/mol. The molecule has 0 radical (unpaired) electrons. The van der Waals surface area contributed by atoms with E-state index in [0.717, 1.165) is 13.1 Å². The van der Waals surface area contributed by atoms with Crippen molar-refractivity contribution in [3.8, 4) is 0 Å². The summed E-state index contributed by atoms with van der Waals surface area (Å²) < 4.78 is 4.60. The van der Waals surface area contributed by atoms with E-state index in [1.54, 1.807) is 0 Å². The highest BCUT2D eigenvalue weighted by Gasteiger charge is 2.21. The number of methoxy groups -OCH3 is 1. The van der Waals surface area contributed by atoms with E-state index in [-0.39, 0.29) is 11.9 Å². The first kappa shape index (κ1) is 13.4. The number of amides is 1. The Morgan fingerprint density at radius 1 is 1.25 bits per heavy atom. The smallest absolute Gasteiger partial charge is 0.319 e. The lowest BCUT2D eigenvalue weighted by atomic mass is 10.3. The van der Waals surface area contributed by atoms with Gasteiger partial charge in [-0.1, -0.05) is 15.9 Å². The van der Waals surface area contributed by atoms with Crippen LogP contribution < -0.4 is 0 Å². The standard InChI is InChI=1S/C10H17BrN2O3/c1-16-10(15)8-12-4-6-13(7-5-12)9(14)2-3-11/h2-8H2,1H3. The van der Waals surface area contributed by atoms with Gasteiger partial charge in [-0.2, -0.15) is 0 Å². The Morgan fingerprint density at radius 2 is 1.88 bits per heavy atom. The van der Waals surface area contributed by atoms with E-state index >= 15 is 0 Å². The molecule has 16 heavy (non-hydrogen) atoms. The van der Waals surface area contributed by atoms with Crippen LogP contribution in [0.5, 0.6) is 0 Å². The van der Waals surface area contributed by atoms with Crippen molar-refractivity contribution in [1.29, 1.82) is 0 Å². The van der Waals surface area contributed by atoms with Gasteiger partial charge in [0.2, 0.25) is 5.91 Å². The van der Waals surface area contributed by atoms with Crippen molar-refractivity contribution in [2.75, 3.05) is 45.2 Å². The topological polar surface area (TPSA) is 49.9 Å². The number of carbonyl (C=O) groups excluding carboxylic acids is 2. The van der Waals surface area contributed by atoms with Gasteiger partial charge in [-0.05, 0) is 0 Å². The number of hydrogen-bond donors (Lipinski definition) is 0. The first-order valence-electron chi connectivity index (χ1n) is 5.30. The fraction of sp³-hybridized carbons (Fsp3) is 0.800. The summed E-state index contributed by atoms with van der Waals surface area (Å²) in [5.74, 6) is -0.0465. The normalized spacial score (nSPS) is 17.2. The van der Waals surface area contributed by atoms with Crippen LogP contribution in [0.4, 0.5) is 0 Å². The third-order valence-electron chi connectivity index (χ3n) is 2.61. The van der Waals surface area contributed by atoms with Crippen LogP contribution in [0.3, 0.4) is 0 Å². The van der Waals surface area contributed by atoms with Crippen molar-refractivity contribution in [3.05, 3.63) is 0 Å². The first-order chi connectivity index (χ1) is 7.67. The third kappa shape index (κ3) is 4.09. The van der Waals surface area contributed by atoms with E-state index in [9.17, 15) is 9.59 Å². The maximum absolute atomic E-state index is 11.6. The Bertz CT molecular complexity index is 252. The quantitative estimate of drug-likeness (QED) is 0.544. The maximum Gasteiger partial charge on any atom is 0.319 e.